The van der Waals surface area contributed by atoms with E-state index in [0.29, 0.717) is 6.54 Å². The maximum absolute atomic E-state index is 11.6. The zero-order chi connectivity index (χ0) is 12.0. The Kier molecular flexibility index (Phi) is 5.73. The average Bonchev–Trinajstić information content (AvgIpc) is 2.26. The van der Waals surface area contributed by atoms with Crippen molar-refractivity contribution in [2.45, 2.75) is 32.0 Å². The number of hydrogen-bond donors (Lipinski definition) is 2. The Labute approximate surface area is 96.8 Å². The van der Waals surface area contributed by atoms with Crippen LogP contribution in [0.25, 0.3) is 0 Å². The topological polar surface area (TPSA) is 61.8 Å². The van der Waals surface area contributed by atoms with Gasteiger partial charge < -0.3 is 20.1 Å². The standard InChI is InChI=1S/C11H22N2O3/c1-9(14)7-13(2)11(15)8-16-10-3-5-12-6-4-10/h9-10,12,14H,3-8H2,1-2H3. The van der Waals surface area contributed by atoms with Gasteiger partial charge in [0.05, 0.1) is 12.2 Å². The minimum Gasteiger partial charge on any atom is -0.392 e. The van der Waals surface area contributed by atoms with Crippen LogP contribution in [0.2, 0.25) is 0 Å². The van der Waals surface area contributed by atoms with Gasteiger partial charge in [0.1, 0.15) is 6.61 Å². The van der Waals surface area contributed by atoms with Crippen LogP contribution in [0.15, 0.2) is 0 Å². The Hall–Kier alpha value is -0.650. The molecule has 1 amide bonds. The molecular weight excluding hydrogens is 208 g/mol. The number of carbonyl (C=O) groups excluding carboxylic acids is 1. The quantitative estimate of drug-likeness (QED) is 0.674. The molecule has 1 aliphatic heterocycles. The number of aliphatic hydroxyl groups excluding tert-OH is 1. The van der Waals surface area contributed by atoms with Crippen LogP contribution in [0.3, 0.4) is 0 Å². The van der Waals surface area contributed by atoms with Crippen LogP contribution in [0.5, 0.6) is 0 Å². The number of piperidine rings is 1. The predicted molar refractivity (Wildman–Crippen MR) is 61.2 cm³/mol. The van der Waals surface area contributed by atoms with Gasteiger partial charge in [0.2, 0.25) is 5.91 Å². The third-order valence-corrected chi connectivity index (χ3v) is 2.69. The first-order valence-electron chi connectivity index (χ1n) is 5.84. The van der Waals surface area contributed by atoms with E-state index in [2.05, 4.69) is 5.32 Å². The maximum atomic E-state index is 11.6. The van der Waals surface area contributed by atoms with Crippen LogP contribution in [0.1, 0.15) is 19.8 Å². The van der Waals surface area contributed by atoms with Gasteiger partial charge in [-0.05, 0) is 32.9 Å². The summed E-state index contributed by atoms with van der Waals surface area (Å²) in [6.07, 6.45) is 1.64. The Bertz CT molecular complexity index is 215. The molecule has 0 spiro atoms. The van der Waals surface area contributed by atoms with Crippen molar-refractivity contribution in [3.05, 3.63) is 0 Å². The first kappa shape index (κ1) is 13.4. The summed E-state index contributed by atoms with van der Waals surface area (Å²) >= 11 is 0. The smallest absolute Gasteiger partial charge is 0.248 e. The van der Waals surface area contributed by atoms with E-state index < -0.39 is 6.10 Å². The van der Waals surface area contributed by atoms with Crippen molar-refractivity contribution in [2.75, 3.05) is 33.3 Å². The molecule has 16 heavy (non-hydrogen) atoms. The molecule has 1 saturated heterocycles. The summed E-state index contributed by atoms with van der Waals surface area (Å²) in [5, 5.41) is 12.4. The first-order chi connectivity index (χ1) is 7.59. The molecule has 1 rings (SSSR count). The molecule has 94 valence electrons. The van der Waals surface area contributed by atoms with Crippen LogP contribution < -0.4 is 5.32 Å². The molecule has 5 heteroatoms. The van der Waals surface area contributed by atoms with Crippen LogP contribution in [0, 0.1) is 0 Å². The van der Waals surface area contributed by atoms with Gasteiger partial charge in [-0.3, -0.25) is 4.79 Å². The minimum atomic E-state index is -0.493. The number of amides is 1. The fourth-order valence-electron chi connectivity index (χ4n) is 1.76. The first-order valence-corrected chi connectivity index (χ1v) is 5.84. The van der Waals surface area contributed by atoms with Gasteiger partial charge in [0, 0.05) is 13.6 Å². The summed E-state index contributed by atoms with van der Waals surface area (Å²) in [5.41, 5.74) is 0. The van der Waals surface area contributed by atoms with Crippen LogP contribution in [0.4, 0.5) is 0 Å². The van der Waals surface area contributed by atoms with Crippen molar-refractivity contribution in [1.29, 1.82) is 0 Å². The van der Waals surface area contributed by atoms with E-state index in [-0.39, 0.29) is 18.6 Å². The summed E-state index contributed by atoms with van der Waals surface area (Å²) in [6, 6.07) is 0. The van der Waals surface area contributed by atoms with Gasteiger partial charge in [-0.25, -0.2) is 0 Å². The Balaban J connectivity index is 2.17. The zero-order valence-electron chi connectivity index (χ0n) is 10.1. The summed E-state index contributed by atoms with van der Waals surface area (Å²) in [5.74, 6) is -0.0700. The minimum absolute atomic E-state index is 0.0700. The molecule has 0 aliphatic carbocycles. The second-order valence-corrected chi connectivity index (χ2v) is 4.38. The highest BCUT2D eigenvalue weighted by Crippen LogP contribution is 2.07. The van der Waals surface area contributed by atoms with E-state index in [9.17, 15) is 4.79 Å². The third-order valence-electron chi connectivity index (χ3n) is 2.69. The largest absolute Gasteiger partial charge is 0.392 e. The Morgan fingerprint density at radius 2 is 2.19 bits per heavy atom. The molecule has 1 fully saturated rings. The van der Waals surface area contributed by atoms with E-state index in [1.165, 1.54) is 4.90 Å². The third kappa shape index (κ3) is 4.92. The highest BCUT2D eigenvalue weighted by atomic mass is 16.5. The molecule has 0 aromatic carbocycles. The lowest BCUT2D eigenvalue weighted by atomic mass is 10.1. The van der Waals surface area contributed by atoms with Gasteiger partial charge >= 0.3 is 0 Å². The molecular formula is C11H22N2O3. The molecule has 0 aromatic rings. The molecule has 0 aromatic heterocycles. The highest BCUT2D eigenvalue weighted by Gasteiger charge is 2.17. The van der Waals surface area contributed by atoms with Gasteiger partial charge in [-0.15, -0.1) is 0 Å². The summed E-state index contributed by atoms with van der Waals surface area (Å²) in [7, 11) is 1.68. The van der Waals surface area contributed by atoms with Crippen molar-refractivity contribution in [3.63, 3.8) is 0 Å². The lowest BCUT2D eigenvalue weighted by Crippen LogP contribution is -2.38. The number of rotatable bonds is 5. The molecule has 0 saturated carbocycles. The number of nitrogens with zero attached hydrogens (tertiary/aromatic N) is 1. The molecule has 1 aliphatic rings. The lowest BCUT2D eigenvalue weighted by molar-refractivity contribution is -0.138. The number of aliphatic hydroxyl groups is 1. The molecule has 1 unspecified atom stereocenters. The molecule has 0 bridgehead atoms. The number of ether oxygens (including phenoxy) is 1. The molecule has 2 N–H and O–H groups in total. The van der Waals surface area contributed by atoms with Gasteiger partial charge in [-0.2, -0.15) is 0 Å². The SMILES string of the molecule is CC(O)CN(C)C(=O)COC1CCNCC1. The van der Waals surface area contributed by atoms with Crippen molar-refractivity contribution < 1.29 is 14.6 Å². The van der Waals surface area contributed by atoms with E-state index in [0.717, 1.165) is 25.9 Å². The highest BCUT2D eigenvalue weighted by molar-refractivity contribution is 5.77. The van der Waals surface area contributed by atoms with Crippen molar-refractivity contribution in [1.82, 2.24) is 10.2 Å². The lowest BCUT2D eigenvalue weighted by Gasteiger charge is -2.24. The number of nitrogens with one attached hydrogen (secondary N) is 1. The molecule has 1 atom stereocenters. The second kappa shape index (κ2) is 6.83. The summed E-state index contributed by atoms with van der Waals surface area (Å²) in [6.45, 7) is 4.06. The molecule has 1 heterocycles. The predicted octanol–water partition coefficient (Wildman–Crippen LogP) is -0.406. The fraction of sp³-hybridized carbons (Fsp3) is 0.909. The number of likely N-dealkylation sites (N-methyl/N-ethyl adjacent to an activating group) is 1. The summed E-state index contributed by atoms with van der Waals surface area (Å²) < 4.78 is 5.53. The van der Waals surface area contributed by atoms with Crippen LogP contribution in [-0.2, 0) is 9.53 Å². The van der Waals surface area contributed by atoms with Crippen LogP contribution in [-0.4, -0.2) is 61.4 Å². The Morgan fingerprint density at radius 1 is 1.56 bits per heavy atom. The van der Waals surface area contributed by atoms with Gasteiger partial charge in [0.25, 0.3) is 0 Å². The van der Waals surface area contributed by atoms with E-state index in [1.807, 2.05) is 0 Å². The molecule has 5 nitrogen and oxygen atoms in total. The van der Waals surface area contributed by atoms with Crippen molar-refractivity contribution in [2.24, 2.45) is 0 Å². The maximum Gasteiger partial charge on any atom is 0.248 e. The van der Waals surface area contributed by atoms with Crippen molar-refractivity contribution >= 4 is 5.91 Å². The fourth-order valence-corrected chi connectivity index (χ4v) is 1.76. The zero-order valence-corrected chi connectivity index (χ0v) is 10.1. The number of carbonyl (C=O) groups is 1. The van der Waals surface area contributed by atoms with E-state index in [1.54, 1.807) is 14.0 Å². The average molecular weight is 230 g/mol. The van der Waals surface area contributed by atoms with Gasteiger partial charge in [0.15, 0.2) is 0 Å². The van der Waals surface area contributed by atoms with Crippen molar-refractivity contribution in [3.8, 4) is 0 Å². The normalized spacial score (nSPS) is 19.4. The number of hydrogen-bond acceptors (Lipinski definition) is 4. The van der Waals surface area contributed by atoms with E-state index >= 15 is 0 Å². The summed E-state index contributed by atoms with van der Waals surface area (Å²) in [4.78, 5) is 13.1. The van der Waals surface area contributed by atoms with Gasteiger partial charge in [-0.1, -0.05) is 0 Å². The molecule has 0 radical (unpaired) electrons. The van der Waals surface area contributed by atoms with Crippen LogP contribution >= 0.6 is 0 Å². The van der Waals surface area contributed by atoms with E-state index in [4.69, 9.17) is 9.84 Å². The Morgan fingerprint density at radius 3 is 2.75 bits per heavy atom. The monoisotopic (exact) mass is 230 g/mol. The second-order valence-electron chi connectivity index (χ2n) is 4.38.